The van der Waals surface area contributed by atoms with E-state index < -0.39 is 0 Å². The van der Waals surface area contributed by atoms with Crippen LogP contribution >= 0.6 is 11.3 Å². The van der Waals surface area contributed by atoms with Crippen molar-refractivity contribution in [3.05, 3.63) is 64.8 Å². The predicted octanol–water partition coefficient (Wildman–Crippen LogP) is 6.19. The van der Waals surface area contributed by atoms with Crippen LogP contribution in [0.15, 0.2) is 53.5 Å². The first-order valence-corrected chi connectivity index (χ1v) is 13.7. The lowest BCUT2D eigenvalue weighted by molar-refractivity contribution is 0.446. The molecular weight excluding hydrogens is 454 g/mol. The number of hydrogen-bond donors (Lipinski definition) is 3. The van der Waals surface area contributed by atoms with E-state index in [0.29, 0.717) is 11.7 Å². The number of nitrogens with zero attached hydrogens (tertiary/aromatic N) is 3. The average molecular weight is 490 g/mol. The van der Waals surface area contributed by atoms with Crippen molar-refractivity contribution in [2.75, 3.05) is 31.5 Å². The van der Waals surface area contributed by atoms with E-state index in [1.807, 2.05) is 23.5 Å². The van der Waals surface area contributed by atoms with Crippen molar-refractivity contribution in [1.82, 2.24) is 15.2 Å². The van der Waals surface area contributed by atoms with Crippen LogP contribution < -0.4 is 10.6 Å². The molecule has 0 bridgehead atoms. The molecule has 3 aromatic rings. The predicted molar refractivity (Wildman–Crippen MR) is 146 cm³/mol. The summed E-state index contributed by atoms with van der Waals surface area (Å²) in [4.78, 5) is 12.6. The lowest BCUT2D eigenvalue weighted by Gasteiger charge is -2.23. The van der Waals surface area contributed by atoms with Crippen LogP contribution in [0.3, 0.4) is 0 Å². The number of anilines is 2. The van der Waals surface area contributed by atoms with Gasteiger partial charge in [-0.1, -0.05) is 44.0 Å². The van der Waals surface area contributed by atoms with Gasteiger partial charge < -0.3 is 20.6 Å². The molecule has 1 saturated heterocycles. The Morgan fingerprint density at radius 3 is 2.69 bits per heavy atom. The fourth-order valence-electron chi connectivity index (χ4n) is 4.94. The number of aromatic hydroxyl groups is 1. The van der Waals surface area contributed by atoms with E-state index in [2.05, 4.69) is 46.7 Å². The van der Waals surface area contributed by atoms with Gasteiger partial charge in [-0.2, -0.15) is 0 Å². The maximum Gasteiger partial charge on any atom is 0.158 e. The molecule has 0 amide bonds. The first kappa shape index (κ1) is 23.8. The average Bonchev–Trinajstić information content (AvgIpc) is 3.44. The number of para-hydroxylation sites is 2. The monoisotopic (exact) mass is 489 g/mol. The van der Waals surface area contributed by atoms with E-state index in [-0.39, 0.29) is 0 Å². The van der Waals surface area contributed by atoms with Gasteiger partial charge in [0, 0.05) is 25.6 Å². The van der Waals surface area contributed by atoms with Gasteiger partial charge in [0.1, 0.15) is 16.4 Å². The van der Waals surface area contributed by atoms with Crippen LogP contribution in [0, 0.1) is 0 Å². The van der Waals surface area contributed by atoms with Crippen molar-refractivity contribution in [3.63, 3.8) is 0 Å². The minimum Gasteiger partial charge on any atom is -0.508 e. The van der Waals surface area contributed by atoms with Gasteiger partial charge in [0.05, 0.1) is 16.4 Å². The maximum atomic E-state index is 8.94. The summed E-state index contributed by atoms with van der Waals surface area (Å²) in [6.07, 6.45) is 7.36. The van der Waals surface area contributed by atoms with Crippen molar-refractivity contribution < 1.29 is 5.11 Å². The number of aliphatic imine (C=N–C) groups is 1. The molecule has 3 heterocycles. The summed E-state index contributed by atoms with van der Waals surface area (Å²) in [5.74, 6) is 2.03. The molecule has 2 aliphatic heterocycles. The first-order valence-electron chi connectivity index (χ1n) is 12.9. The molecule has 1 aromatic heterocycles. The molecule has 6 nitrogen and oxygen atoms in total. The third-order valence-electron chi connectivity index (χ3n) is 6.90. The molecule has 2 aromatic carbocycles. The van der Waals surface area contributed by atoms with Gasteiger partial charge in [-0.3, -0.25) is 0 Å². The summed E-state index contributed by atoms with van der Waals surface area (Å²) in [7, 11) is 0. The van der Waals surface area contributed by atoms with Gasteiger partial charge in [-0.05, 0) is 62.1 Å². The lowest BCUT2D eigenvalue weighted by Crippen LogP contribution is -2.35. The Hall–Kier alpha value is -2.90. The Balaban J connectivity index is 0.000000239. The number of aromatic nitrogens is 1. The molecule has 6 rings (SSSR count). The third kappa shape index (κ3) is 5.68. The summed E-state index contributed by atoms with van der Waals surface area (Å²) in [6, 6.07) is 15.6. The summed E-state index contributed by atoms with van der Waals surface area (Å²) in [5.41, 5.74) is 4.32. The van der Waals surface area contributed by atoms with E-state index in [0.717, 1.165) is 66.9 Å². The van der Waals surface area contributed by atoms with Crippen LogP contribution in [-0.2, 0) is 6.42 Å². The van der Waals surface area contributed by atoms with Gasteiger partial charge in [0.15, 0.2) is 5.84 Å². The fourth-order valence-corrected chi connectivity index (χ4v) is 6.08. The minimum absolute atomic E-state index is 0.356. The molecule has 1 aliphatic carbocycles. The zero-order valence-corrected chi connectivity index (χ0v) is 21.3. The first-order chi connectivity index (χ1) is 17.2. The van der Waals surface area contributed by atoms with E-state index in [1.165, 1.54) is 36.3 Å². The summed E-state index contributed by atoms with van der Waals surface area (Å²) >= 11 is 1.84. The Kier molecular flexibility index (Phi) is 7.64. The summed E-state index contributed by atoms with van der Waals surface area (Å²) in [5, 5.41) is 18.5. The highest BCUT2D eigenvalue weighted by Crippen LogP contribution is 2.43. The van der Waals surface area contributed by atoms with Crippen LogP contribution in [0.25, 0.3) is 0 Å². The van der Waals surface area contributed by atoms with Gasteiger partial charge >= 0.3 is 0 Å². The van der Waals surface area contributed by atoms with Gasteiger partial charge in [-0.15, -0.1) is 11.3 Å². The molecule has 0 atom stereocenters. The zero-order chi connectivity index (χ0) is 24.0. The molecule has 1 saturated carbocycles. The second-order valence-corrected chi connectivity index (χ2v) is 10.4. The molecule has 7 heteroatoms. The van der Waals surface area contributed by atoms with Crippen LogP contribution in [0.1, 0.15) is 61.2 Å². The van der Waals surface area contributed by atoms with E-state index in [1.54, 1.807) is 12.1 Å². The van der Waals surface area contributed by atoms with Crippen LogP contribution in [0.2, 0.25) is 0 Å². The highest BCUT2D eigenvalue weighted by Gasteiger charge is 2.29. The largest absolute Gasteiger partial charge is 0.508 e. The number of hydrogen-bond acceptors (Lipinski definition) is 7. The van der Waals surface area contributed by atoms with Gasteiger partial charge in [0.2, 0.25) is 0 Å². The Morgan fingerprint density at radius 2 is 1.89 bits per heavy atom. The molecule has 3 aliphatic rings. The normalized spacial score (nSPS) is 17.7. The van der Waals surface area contributed by atoms with Crippen molar-refractivity contribution in [3.8, 4) is 5.75 Å². The fraction of sp³-hybridized carbons (Fsp3) is 0.429. The van der Waals surface area contributed by atoms with Gasteiger partial charge in [0.25, 0.3) is 0 Å². The van der Waals surface area contributed by atoms with Crippen LogP contribution in [0.5, 0.6) is 5.75 Å². The lowest BCUT2D eigenvalue weighted by atomic mass is 10.1. The van der Waals surface area contributed by atoms with E-state index in [9.17, 15) is 0 Å². The number of amidine groups is 1. The minimum atomic E-state index is 0.356. The number of phenolic OH excluding ortho intramolecular Hbond substituents is 1. The van der Waals surface area contributed by atoms with Crippen LogP contribution in [0.4, 0.5) is 16.4 Å². The van der Waals surface area contributed by atoms with Crippen molar-refractivity contribution >= 4 is 33.5 Å². The van der Waals surface area contributed by atoms with Crippen LogP contribution in [-0.4, -0.2) is 47.0 Å². The van der Waals surface area contributed by atoms with E-state index in [4.69, 9.17) is 15.1 Å². The molecule has 0 radical (unpaired) electrons. The molecule has 3 N–H and O–H groups in total. The number of rotatable bonds is 2. The zero-order valence-electron chi connectivity index (χ0n) is 20.5. The van der Waals surface area contributed by atoms with Crippen molar-refractivity contribution in [1.29, 1.82) is 0 Å². The Morgan fingerprint density at radius 1 is 1.03 bits per heavy atom. The smallest absolute Gasteiger partial charge is 0.158 e. The molecule has 184 valence electrons. The second kappa shape index (κ2) is 11.2. The van der Waals surface area contributed by atoms with E-state index >= 15 is 0 Å². The topological polar surface area (TPSA) is 72.8 Å². The number of phenols is 1. The quantitative estimate of drug-likeness (QED) is 0.401. The molecule has 0 unspecified atom stereocenters. The highest BCUT2D eigenvalue weighted by molar-refractivity contribution is 7.16. The molecular formula is C28H35N5OS. The second-order valence-electron chi connectivity index (χ2n) is 9.40. The number of thiazole rings is 1. The standard InChI is InChI=1S/C20H25N5S.C8H10O/c1-2-7-14(6-1)19-24-17-18(25-12-5-10-21-11-13-25)22-15-8-3-4-9-16(15)23-20(17)26-19;1-2-7-4-3-5-8(9)6-7/h3-4,8-9,14,21,23H,1-2,5-7,10-13H2;3-6,9H,2H2,1H3. The molecule has 35 heavy (non-hydrogen) atoms. The molecule has 0 spiro atoms. The summed E-state index contributed by atoms with van der Waals surface area (Å²) < 4.78 is 0. The number of nitrogens with one attached hydrogen (secondary N) is 2. The maximum absolute atomic E-state index is 8.94. The van der Waals surface area contributed by atoms with Gasteiger partial charge in [-0.25, -0.2) is 9.98 Å². The molecule has 2 fully saturated rings. The number of fused-ring (bicyclic) bond motifs is 2. The highest BCUT2D eigenvalue weighted by atomic mass is 32.1. The number of aryl methyl sites for hydroxylation is 1. The number of benzene rings is 2. The van der Waals surface area contributed by atoms with Crippen molar-refractivity contribution in [2.24, 2.45) is 4.99 Å². The van der Waals surface area contributed by atoms with Crippen molar-refractivity contribution in [2.45, 2.75) is 51.4 Å². The Labute approximate surface area is 212 Å². The summed E-state index contributed by atoms with van der Waals surface area (Å²) in [6.45, 7) is 6.16. The Bertz CT molecular complexity index is 1160. The SMILES string of the molecule is CCc1cccc(O)c1.c1ccc2c(c1)N=C(N1CCCNCC1)c1nc(C3CCCC3)sc1N2. The third-order valence-corrected chi connectivity index (χ3v) is 8.03.